The Kier molecular flexibility index (Phi) is 4.45. The van der Waals surface area contributed by atoms with Crippen molar-refractivity contribution < 1.29 is 0 Å². The first kappa shape index (κ1) is 15.5. The molecule has 0 fully saturated rings. The molecule has 0 spiro atoms. The van der Waals surface area contributed by atoms with Gasteiger partial charge in [0.25, 0.3) is 0 Å². The molecule has 0 atom stereocenters. The van der Waals surface area contributed by atoms with Crippen LogP contribution < -0.4 is 5.73 Å². The fourth-order valence-corrected chi connectivity index (χ4v) is 4.21. The second kappa shape index (κ2) is 5.46. The fraction of sp³-hybridized carbons (Fsp3) is 0.333. The van der Waals surface area contributed by atoms with E-state index in [4.69, 9.17) is 17.3 Å². The zero-order valence-electron chi connectivity index (χ0n) is 10.6. The molecule has 0 aromatic carbocycles. The van der Waals surface area contributed by atoms with Crippen LogP contribution in [-0.2, 0) is 5.41 Å². The summed E-state index contributed by atoms with van der Waals surface area (Å²) in [6, 6.07) is 1.92. The maximum atomic E-state index is 6.06. The molecule has 0 saturated heterocycles. The second-order valence-corrected chi connectivity index (χ2v) is 8.66. The highest BCUT2D eigenvalue weighted by atomic mass is 127. The van der Waals surface area contributed by atoms with Gasteiger partial charge < -0.3 is 5.73 Å². The zero-order valence-corrected chi connectivity index (χ0v) is 15.9. The highest BCUT2D eigenvalue weighted by Gasteiger charge is 2.23. The second-order valence-electron chi connectivity index (χ2n) is 5.08. The van der Waals surface area contributed by atoms with Crippen LogP contribution >= 0.6 is 61.5 Å². The van der Waals surface area contributed by atoms with Crippen LogP contribution in [0.3, 0.4) is 0 Å². The van der Waals surface area contributed by atoms with Crippen LogP contribution in [0.1, 0.15) is 26.5 Å². The van der Waals surface area contributed by atoms with E-state index in [0.717, 1.165) is 18.6 Å². The number of rotatable bonds is 1. The molecule has 0 amide bonds. The van der Waals surface area contributed by atoms with E-state index >= 15 is 0 Å². The van der Waals surface area contributed by atoms with E-state index in [1.54, 1.807) is 0 Å². The fourth-order valence-electron chi connectivity index (χ4n) is 1.53. The normalized spacial score (nSPS) is 11.9. The highest BCUT2D eigenvalue weighted by Crippen LogP contribution is 2.38. The third-order valence-electron chi connectivity index (χ3n) is 2.45. The molecule has 0 aliphatic rings. The molecule has 0 aliphatic heterocycles. The molecule has 2 heterocycles. The third kappa shape index (κ3) is 3.22. The predicted octanol–water partition coefficient (Wildman–Crippen LogP) is 5.11. The van der Waals surface area contributed by atoms with E-state index in [1.807, 2.05) is 6.07 Å². The molecule has 2 N–H and O–H groups in total. The van der Waals surface area contributed by atoms with Crippen LogP contribution in [-0.4, -0.2) is 9.97 Å². The average molecular weight is 473 g/mol. The zero-order chi connectivity index (χ0) is 14.4. The van der Waals surface area contributed by atoms with Crippen molar-refractivity contribution >= 4 is 67.3 Å². The monoisotopic (exact) mass is 471 g/mol. The van der Waals surface area contributed by atoms with Crippen molar-refractivity contribution in [3.63, 3.8) is 0 Å². The summed E-state index contributed by atoms with van der Waals surface area (Å²) in [4.78, 5) is 9.93. The van der Waals surface area contributed by atoms with Gasteiger partial charge in [0.1, 0.15) is 10.2 Å². The summed E-state index contributed by atoms with van der Waals surface area (Å²) in [7, 11) is 0. The largest absolute Gasteiger partial charge is 0.383 e. The SMILES string of the molecule is CC(C)(C)c1nc(-c2cc(Br)c(Cl)s2)nc(N)c1I. The molecule has 2 aromatic heterocycles. The first-order valence-corrected chi connectivity index (χ1v) is 8.55. The van der Waals surface area contributed by atoms with Crippen molar-refractivity contribution in [2.45, 2.75) is 26.2 Å². The Bertz CT molecular complexity index is 617. The van der Waals surface area contributed by atoms with Gasteiger partial charge in [-0.1, -0.05) is 32.4 Å². The molecule has 0 saturated carbocycles. The number of hydrogen-bond donors (Lipinski definition) is 1. The number of nitrogens with two attached hydrogens (primary N) is 1. The van der Waals surface area contributed by atoms with E-state index in [2.05, 4.69) is 69.3 Å². The Hall–Kier alpha value is 0.0800. The average Bonchev–Trinajstić information content (AvgIpc) is 2.61. The van der Waals surface area contributed by atoms with Gasteiger partial charge in [-0.15, -0.1) is 11.3 Å². The standard InChI is InChI=1S/C12H12BrClIN3S/c1-12(2,3)8-7(15)10(16)18-11(17-8)6-4-5(13)9(14)19-6/h4H,1-3H3,(H2,16,17,18). The number of thiophene rings is 1. The summed E-state index contributed by atoms with van der Waals surface area (Å²) in [6.45, 7) is 6.33. The Balaban J connectivity index is 2.63. The van der Waals surface area contributed by atoms with Crippen LogP contribution in [0.4, 0.5) is 5.82 Å². The summed E-state index contributed by atoms with van der Waals surface area (Å²) in [5.41, 5.74) is 6.87. The molecule has 0 bridgehead atoms. The molecule has 2 rings (SSSR count). The minimum Gasteiger partial charge on any atom is -0.383 e. The van der Waals surface area contributed by atoms with Crippen LogP contribution in [0.15, 0.2) is 10.5 Å². The number of nitrogen functional groups attached to an aromatic ring is 1. The number of halogens is 3. The predicted molar refractivity (Wildman–Crippen MR) is 93.9 cm³/mol. The van der Waals surface area contributed by atoms with Gasteiger partial charge in [0.15, 0.2) is 5.82 Å². The molecule has 2 aromatic rings. The van der Waals surface area contributed by atoms with Gasteiger partial charge in [0, 0.05) is 9.89 Å². The van der Waals surface area contributed by atoms with Crippen LogP contribution in [0.2, 0.25) is 4.34 Å². The summed E-state index contributed by atoms with van der Waals surface area (Å²) >= 11 is 13.1. The quantitative estimate of drug-likeness (QED) is 0.587. The van der Waals surface area contributed by atoms with Gasteiger partial charge in [0.05, 0.1) is 14.1 Å². The van der Waals surface area contributed by atoms with E-state index in [9.17, 15) is 0 Å². The number of aromatic nitrogens is 2. The molecule has 19 heavy (non-hydrogen) atoms. The van der Waals surface area contributed by atoms with Gasteiger partial charge in [-0.25, -0.2) is 9.97 Å². The van der Waals surface area contributed by atoms with Crippen LogP contribution in [0, 0.1) is 3.57 Å². The molecule has 0 unspecified atom stereocenters. The Morgan fingerprint density at radius 1 is 1.37 bits per heavy atom. The minimum atomic E-state index is -0.0827. The van der Waals surface area contributed by atoms with Gasteiger partial charge >= 0.3 is 0 Å². The number of nitrogens with zero attached hydrogens (tertiary/aromatic N) is 2. The number of hydrogen-bond acceptors (Lipinski definition) is 4. The van der Waals surface area contributed by atoms with Crippen LogP contribution in [0.25, 0.3) is 10.7 Å². The molecule has 0 aliphatic carbocycles. The molecular weight excluding hydrogens is 460 g/mol. The Labute approximate surface area is 143 Å². The topological polar surface area (TPSA) is 51.8 Å². The summed E-state index contributed by atoms with van der Waals surface area (Å²) in [5.74, 6) is 1.14. The lowest BCUT2D eigenvalue weighted by Gasteiger charge is -2.20. The van der Waals surface area contributed by atoms with Crippen molar-refractivity contribution in [1.29, 1.82) is 0 Å². The molecular formula is C12H12BrClIN3S. The van der Waals surface area contributed by atoms with E-state index < -0.39 is 0 Å². The van der Waals surface area contributed by atoms with Gasteiger partial charge in [-0.05, 0) is 44.6 Å². The maximum Gasteiger partial charge on any atom is 0.172 e. The van der Waals surface area contributed by atoms with Gasteiger partial charge in [0.2, 0.25) is 0 Å². The van der Waals surface area contributed by atoms with E-state index in [1.165, 1.54) is 11.3 Å². The Morgan fingerprint density at radius 2 is 2.00 bits per heavy atom. The van der Waals surface area contributed by atoms with Gasteiger partial charge in [-0.3, -0.25) is 0 Å². The third-order valence-corrected chi connectivity index (χ3v) is 5.99. The van der Waals surface area contributed by atoms with Crippen molar-refractivity contribution in [3.05, 3.63) is 24.1 Å². The first-order valence-electron chi connectivity index (χ1n) is 5.49. The minimum absolute atomic E-state index is 0.0827. The van der Waals surface area contributed by atoms with E-state index in [-0.39, 0.29) is 5.41 Å². The van der Waals surface area contributed by atoms with Crippen molar-refractivity contribution in [2.75, 3.05) is 5.73 Å². The van der Waals surface area contributed by atoms with Crippen LogP contribution in [0.5, 0.6) is 0 Å². The molecule has 7 heteroatoms. The van der Waals surface area contributed by atoms with Gasteiger partial charge in [-0.2, -0.15) is 0 Å². The summed E-state index contributed by atoms with van der Waals surface area (Å²) in [6.07, 6.45) is 0. The lowest BCUT2D eigenvalue weighted by atomic mass is 9.92. The first-order chi connectivity index (χ1) is 8.70. The number of anilines is 1. The summed E-state index contributed by atoms with van der Waals surface area (Å²) < 4.78 is 2.45. The van der Waals surface area contributed by atoms with E-state index in [0.29, 0.717) is 16.0 Å². The lowest BCUT2D eigenvalue weighted by molar-refractivity contribution is 0.564. The van der Waals surface area contributed by atoms with Crippen molar-refractivity contribution in [3.8, 4) is 10.7 Å². The smallest absolute Gasteiger partial charge is 0.172 e. The lowest BCUT2D eigenvalue weighted by Crippen LogP contribution is -2.18. The summed E-state index contributed by atoms with van der Waals surface area (Å²) in [5, 5.41) is 0. The Morgan fingerprint density at radius 3 is 2.47 bits per heavy atom. The molecule has 102 valence electrons. The van der Waals surface area contributed by atoms with Crippen molar-refractivity contribution in [1.82, 2.24) is 9.97 Å². The maximum absolute atomic E-state index is 6.06. The van der Waals surface area contributed by atoms with Crippen molar-refractivity contribution in [2.24, 2.45) is 0 Å². The molecule has 0 radical (unpaired) electrons. The highest BCUT2D eigenvalue weighted by molar-refractivity contribution is 14.1. The molecule has 3 nitrogen and oxygen atoms in total.